The molecule has 0 spiro atoms. The van der Waals surface area contributed by atoms with E-state index in [9.17, 15) is 9.18 Å². The fraction of sp³-hybridized carbons (Fsp3) is 0.154. The van der Waals surface area contributed by atoms with Gasteiger partial charge in [0.25, 0.3) is 5.91 Å². The molecule has 0 saturated carbocycles. The maximum absolute atomic E-state index is 13.1. The Morgan fingerprint density at radius 1 is 1.53 bits per heavy atom. The molecule has 0 aliphatic rings. The molecular formula is C13H11BrClFN2O. The molecule has 2 rings (SSSR count). The minimum atomic E-state index is -0.466. The normalized spacial score (nSPS) is 10.5. The number of amides is 1. The van der Waals surface area contributed by atoms with E-state index < -0.39 is 5.82 Å². The minimum absolute atomic E-state index is 0.148. The molecule has 1 N–H and O–H groups in total. The van der Waals surface area contributed by atoms with Crippen LogP contribution in [0.1, 0.15) is 17.4 Å². The smallest absolute Gasteiger partial charge is 0.272 e. The van der Waals surface area contributed by atoms with Gasteiger partial charge in [-0.25, -0.2) is 4.39 Å². The molecule has 19 heavy (non-hydrogen) atoms. The molecule has 6 heteroatoms. The summed E-state index contributed by atoms with van der Waals surface area (Å²) in [5.74, 6) is -0.757. The fourth-order valence-corrected chi connectivity index (χ4v) is 2.63. The highest BCUT2D eigenvalue weighted by Crippen LogP contribution is 2.32. The van der Waals surface area contributed by atoms with Crippen LogP contribution in [0, 0.1) is 5.82 Å². The number of hydrogen-bond donors (Lipinski definition) is 1. The largest absolute Gasteiger partial charge is 0.344 e. The van der Waals surface area contributed by atoms with Crippen molar-refractivity contribution >= 4 is 39.1 Å². The van der Waals surface area contributed by atoms with Crippen LogP contribution in [0.2, 0.25) is 5.02 Å². The summed E-state index contributed by atoms with van der Waals surface area (Å²) in [7, 11) is 0. The number of anilines is 1. The van der Waals surface area contributed by atoms with Crippen molar-refractivity contribution in [2.75, 3.05) is 5.32 Å². The van der Waals surface area contributed by atoms with Crippen molar-refractivity contribution in [3.63, 3.8) is 0 Å². The van der Waals surface area contributed by atoms with Gasteiger partial charge in [-0.15, -0.1) is 0 Å². The van der Waals surface area contributed by atoms with Gasteiger partial charge in [-0.1, -0.05) is 11.6 Å². The van der Waals surface area contributed by atoms with Gasteiger partial charge in [-0.2, -0.15) is 0 Å². The molecule has 0 radical (unpaired) electrons. The van der Waals surface area contributed by atoms with E-state index in [4.69, 9.17) is 11.6 Å². The summed E-state index contributed by atoms with van der Waals surface area (Å²) in [5.41, 5.74) is 0.881. The first-order valence-electron chi connectivity index (χ1n) is 5.64. The van der Waals surface area contributed by atoms with Gasteiger partial charge >= 0.3 is 0 Å². The molecule has 0 saturated heterocycles. The van der Waals surface area contributed by atoms with E-state index in [0.717, 1.165) is 6.07 Å². The monoisotopic (exact) mass is 344 g/mol. The van der Waals surface area contributed by atoms with Crippen molar-refractivity contribution in [2.24, 2.45) is 0 Å². The number of aryl methyl sites for hydroxylation is 1. The Hall–Kier alpha value is -1.33. The molecular weight excluding hydrogens is 335 g/mol. The molecule has 1 amide bonds. The van der Waals surface area contributed by atoms with E-state index in [0.29, 0.717) is 22.4 Å². The zero-order chi connectivity index (χ0) is 14.0. The average Bonchev–Trinajstić information content (AvgIpc) is 2.81. The molecule has 3 nitrogen and oxygen atoms in total. The first-order valence-corrected chi connectivity index (χ1v) is 6.81. The summed E-state index contributed by atoms with van der Waals surface area (Å²) in [4.78, 5) is 12.1. The van der Waals surface area contributed by atoms with Crippen molar-refractivity contribution in [1.29, 1.82) is 0 Å². The van der Waals surface area contributed by atoms with Crippen LogP contribution in [0.3, 0.4) is 0 Å². The van der Waals surface area contributed by atoms with Crippen molar-refractivity contribution in [3.05, 3.63) is 51.5 Å². The second kappa shape index (κ2) is 5.75. The lowest BCUT2D eigenvalue weighted by atomic mass is 10.3. The van der Waals surface area contributed by atoms with Gasteiger partial charge < -0.3 is 9.88 Å². The van der Waals surface area contributed by atoms with Crippen LogP contribution in [0.4, 0.5) is 10.1 Å². The third kappa shape index (κ3) is 2.98. The Morgan fingerprint density at radius 2 is 2.26 bits per heavy atom. The van der Waals surface area contributed by atoms with Crippen molar-refractivity contribution in [2.45, 2.75) is 13.5 Å². The molecule has 1 aromatic heterocycles. The summed E-state index contributed by atoms with van der Waals surface area (Å²) >= 11 is 9.10. The van der Waals surface area contributed by atoms with Crippen molar-refractivity contribution in [3.8, 4) is 0 Å². The topological polar surface area (TPSA) is 34.0 Å². The number of aromatic nitrogens is 1. The van der Waals surface area contributed by atoms with E-state index in [1.165, 1.54) is 6.07 Å². The molecule has 0 aliphatic carbocycles. The van der Waals surface area contributed by atoms with Crippen LogP contribution in [-0.2, 0) is 6.54 Å². The van der Waals surface area contributed by atoms with Crippen LogP contribution >= 0.6 is 27.5 Å². The van der Waals surface area contributed by atoms with E-state index in [2.05, 4.69) is 21.2 Å². The predicted molar refractivity (Wildman–Crippen MR) is 77.2 cm³/mol. The lowest BCUT2D eigenvalue weighted by molar-refractivity contribution is 0.101. The van der Waals surface area contributed by atoms with Gasteiger partial charge in [0.15, 0.2) is 0 Å². The third-order valence-electron chi connectivity index (χ3n) is 2.65. The molecule has 0 fully saturated rings. The van der Waals surface area contributed by atoms with Gasteiger partial charge in [0.2, 0.25) is 0 Å². The van der Waals surface area contributed by atoms with Gasteiger partial charge in [-0.3, -0.25) is 4.79 Å². The molecule has 1 aromatic carbocycles. The molecule has 1 heterocycles. The van der Waals surface area contributed by atoms with E-state index >= 15 is 0 Å². The van der Waals surface area contributed by atoms with Gasteiger partial charge in [-0.05, 0) is 47.1 Å². The highest BCUT2D eigenvalue weighted by molar-refractivity contribution is 9.10. The lowest BCUT2D eigenvalue weighted by Crippen LogP contribution is -2.17. The fourth-order valence-electron chi connectivity index (χ4n) is 1.74. The number of rotatable bonds is 3. The Kier molecular flexibility index (Phi) is 4.27. The summed E-state index contributed by atoms with van der Waals surface area (Å²) < 4.78 is 15.3. The van der Waals surface area contributed by atoms with Gasteiger partial charge in [0.1, 0.15) is 11.5 Å². The Bertz CT molecular complexity index is 604. The Morgan fingerprint density at radius 3 is 2.89 bits per heavy atom. The van der Waals surface area contributed by atoms with Crippen LogP contribution < -0.4 is 5.32 Å². The number of carbonyl (C=O) groups excluding carboxylic acids is 1. The quantitative estimate of drug-likeness (QED) is 0.883. The highest BCUT2D eigenvalue weighted by atomic mass is 79.9. The van der Waals surface area contributed by atoms with Gasteiger partial charge in [0.05, 0.1) is 10.7 Å². The Balaban J connectivity index is 2.29. The summed E-state index contributed by atoms with van der Waals surface area (Å²) in [5, 5.41) is 2.83. The number of nitrogens with one attached hydrogen (secondary N) is 1. The van der Waals surface area contributed by atoms with Gasteiger partial charge in [0, 0.05) is 17.2 Å². The van der Waals surface area contributed by atoms with Crippen LogP contribution in [0.25, 0.3) is 0 Å². The predicted octanol–water partition coefficient (Wildman–Crippen LogP) is 4.32. The molecule has 0 bridgehead atoms. The van der Waals surface area contributed by atoms with Crippen LogP contribution in [-0.4, -0.2) is 10.5 Å². The van der Waals surface area contributed by atoms with Crippen LogP contribution in [0.5, 0.6) is 0 Å². The number of nitrogens with zero attached hydrogens (tertiary/aromatic N) is 1. The summed E-state index contributed by atoms with van der Waals surface area (Å²) in [6.45, 7) is 2.63. The van der Waals surface area contributed by atoms with E-state index in [1.807, 2.05) is 13.1 Å². The second-order valence-electron chi connectivity index (χ2n) is 3.88. The second-order valence-corrected chi connectivity index (χ2v) is 5.14. The standard InChI is InChI=1S/C13H11BrClFN2O/c1-2-18-5-3-4-11(18)13(19)17-12-9(14)6-8(16)7-10(12)15/h3-7H,2H2,1H3,(H,17,19). The first kappa shape index (κ1) is 14.1. The zero-order valence-electron chi connectivity index (χ0n) is 10.1. The molecule has 2 aromatic rings. The van der Waals surface area contributed by atoms with Crippen molar-refractivity contribution in [1.82, 2.24) is 4.57 Å². The van der Waals surface area contributed by atoms with Crippen LogP contribution in [0.15, 0.2) is 34.9 Å². The maximum Gasteiger partial charge on any atom is 0.272 e. The van der Waals surface area contributed by atoms with Crippen molar-refractivity contribution < 1.29 is 9.18 Å². The average molecular weight is 346 g/mol. The first-order chi connectivity index (χ1) is 9.02. The minimum Gasteiger partial charge on any atom is -0.344 e. The number of carbonyl (C=O) groups is 1. The molecule has 100 valence electrons. The maximum atomic E-state index is 13.1. The van der Waals surface area contributed by atoms with E-state index in [1.54, 1.807) is 16.7 Å². The lowest BCUT2D eigenvalue weighted by Gasteiger charge is -2.11. The zero-order valence-corrected chi connectivity index (χ0v) is 12.4. The molecule has 0 atom stereocenters. The number of halogens is 3. The number of hydrogen-bond acceptors (Lipinski definition) is 1. The van der Waals surface area contributed by atoms with E-state index in [-0.39, 0.29) is 10.9 Å². The highest BCUT2D eigenvalue weighted by Gasteiger charge is 2.15. The third-order valence-corrected chi connectivity index (χ3v) is 3.57. The Labute approximate surface area is 123 Å². The summed E-state index contributed by atoms with van der Waals surface area (Å²) in [6, 6.07) is 5.91. The molecule has 0 aliphatic heterocycles. The SMILES string of the molecule is CCn1cccc1C(=O)Nc1c(Cl)cc(F)cc1Br. The number of benzene rings is 1. The summed E-state index contributed by atoms with van der Waals surface area (Å²) in [6.07, 6.45) is 1.82. The molecule has 0 unspecified atom stereocenters.